The zero-order valence-electron chi connectivity index (χ0n) is 17.6. The zero-order chi connectivity index (χ0) is 22.9. The zero-order valence-corrected chi connectivity index (χ0v) is 19.1. The molecule has 3 atom stereocenters. The number of rotatable bonds is 7. The highest BCUT2D eigenvalue weighted by atomic mass is 35.5. The Kier molecular flexibility index (Phi) is 6.60. The highest BCUT2D eigenvalue weighted by Crippen LogP contribution is 2.33. The molecule has 32 heavy (non-hydrogen) atoms. The second-order valence-corrected chi connectivity index (χ2v) is 10.4. The Labute approximate surface area is 191 Å². The molecule has 0 aromatic heterocycles. The first-order valence-corrected chi connectivity index (χ1v) is 12.7. The van der Waals surface area contributed by atoms with Crippen molar-refractivity contribution in [2.45, 2.75) is 37.4 Å². The van der Waals surface area contributed by atoms with Gasteiger partial charge in [0.1, 0.15) is 11.6 Å². The lowest BCUT2D eigenvalue weighted by atomic mass is 9.97. The number of benzene rings is 2. The van der Waals surface area contributed by atoms with E-state index < -0.39 is 10.0 Å². The van der Waals surface area contributed by atoms with Crippen LogP contribution in [0.15, 0.2) is 42.5 Å². The van der Waals surface area contributed by atoms with Crippen molar-refractivity contribution in [1.29, 1.82) is 0 Å². The highest BCUT2D eigenvalue weighted by molar-refractivity contribution is 7.92. The average molecular weight is 482 g/mol. The molecule has 2 N–H and O–H groups in total. The molecule has 4 rings (SSSR count). The summed E-state index contributed by atoms with van der Waals surface area (Å²) in [4.78, 5) is 15.0. The van der Waals surface area contributed by atoms with Crippen LogP contribution in [0.5, 0.6) is 5.75 Å². The summed E-state index contributed by atoms with van der Waals surface area (Å²) in [5.41, 5.74) is 1.23. The second-order valence-electron chi connectivity index (χ2n) is 8.25. The third-order valence-electron chi connectivity index (χ3n) is 5.87. The second kappa shape index (κ2) is 9.25. The van der Waals surface area contributed by atoms with E-state index in [1.807, 2.05) is 4.90 Å². The molecule has 2 aromatic carbocycles. The molecule has 0 spiro atoms. The summed E-state index contributed by atoms with van der Waals surface area (Å²) < 4.78 is 44.5. The van der Waals surface area contributed by atoms with Crippen molar-refractivity contribution in [1.82, 2.24) is 10.2 Å². The number of hydrogen-bond donors (Lipinski definition) is 2. The molecule has 0 radical (unpaired) electrons. The molecule has 10 heteroatoms. The summed E-state index contributed by atoms with van der Waals surface area (Å²) in [6.45, 7) is 0.460. The fourth-order valence-electron chi connectivity index (χ4n) is 4.52. The number of anilines is 1. The Morgan fingerprint density at radius 2 is 2.00 bits per heavy atom. The van der Waals surface area contributed by atoms with Gasteiger partial charge in [0.15, 0.2) is 6.61 Å². The number of carbonyl (C=O) groups excluding carboxylic acids is 1. The monoisotopic (exact) mass is 481 g/mol. The standard InChI is InChI=1S/C22H25ClFN3O4S/c1-32(29,30)26-18-8-4-15(23)11-21(18)31-13-22(28)27-17-7-9-20(27)19(25-12-17)10-14-2-5-16(24)6-3-14/h2-6,8,11,17,19-20,25-26H,7,9-10,12-13H2,1H3. The van der Waals surface area contributed by atoms with Gasteiger partial charge in [0, 0.05) is 35.8 Å². The molecule has 0 saturated carbocycles. The molecule has 7 nitrogen and oxygen atoms in total. The van der Waals surface area contributed by atoms with Crippen LogP contribution in [0.4, 0.5) is 10.1 Å². The number of sulfonamides is 1. The van der Waals surface area contributed by atoms with E-state index in [0.29, 0.717) is 18.0 Å². The SMILES string of the molecule is CS(=O)(=O)Nc1ccc(Cl)cc1OCC(=O)N1C2CCC1C(Cc1ccc(F)cc1)NC2. The molecular weight excluding hydrogens is 457 g/mol. The van der Waals surface area contributed by atoms with Crippen LogP contribution in [0.3, 0.4) is 0 Å². The van der Waals surface area contributed by atoms with Gasteiger partial charge in [-0.1, -0.05) is 23.7 Å². The maximum atomic E-state index is 13.2. The molecule has 172 valence electrons. The van der Waals surface area contributed by atoms with E-state index in [1.165, 1.54) is 24.3 Å². The van der Waals surface area contributed by atoms with Gasteiger partial charge in [0.2, 0.25) is 10.0 Å². The summed E-state index contributed by atoms with van der Waals surface area (Å²) in [6.07, 6.45) is 3.52. The van der Waals surface area contributed by atoms with Gasteiger partial charge in [-0.15, -0.1) is 0 Å². The Balaban J connectivity index is 1.44. The van der Waals surface area contributed by atoms with Gasteiger partial charge in [-0.3, -0.25) is 9.52 Å². The first kappa shape index (κ1) is 22.8. The van der Waals surface area contributed by atoms with Crippen LogP contribution >= 0.6 is 11.6 Å². The molecule has 2 fully saturated rings. The first-order valence-electron chi connectivity index (χ1n) is 10.4. The molecule has 2 bridgehead atoms. The third kappa shape index (κ3) is 5.33. The van der Waals surface area contributed by atoms with Crippen LogP contribution in [0.2, 0.25) is 5.02 Å². The van der Waals surface area contributed by atoms with Crippen molar-refractivity contribution >= 4 is 33.2 Å². The van der Waals surface area contributed by atoms with Gasteiger partial charge in [-0.2, -0.15) is 0 Å². The first-order chi connectivity index (χ1) is 15.2. The summed E-state index contributed by atoms with van der Waals surface area (Å²) in [7, 11) is -3.52. The predicted molar refractivity (Wildman–Crippen MR) is 121 cm³/mol. The van der Waals surface area contributed by atoms with Crippen LogP contribution in [0, 0.1) is 5.82 Å². The van der Waals surface area contributed by atoms with E-state index in [-0.39, 0.29) is 47.9 Å². The number of nitrogens with zero attached hydrogens (tertiary/aromatic N) is 1. The van der Waals surface area contributed by atoms with Crippen LogP contribution in [0.25, 0.3) is 0 Å². The minimum Gasteiger partial charge on any atom is -0.482 e. The van der Waals surface area contributed by atoms with E-state index in [9.17, 15) is 17.6 Å². The molecule has 2 saturated heterocycles. The van der Waals surface area contributed by atoms with Gasteiger partial charge >= 0.3 is 0 Å². The average Bonchev–Trinajstić information content (AvgIpc) is 3.05. The van der Waals surface area contributed by atoms with E-state index in [4.69, 9.17) is 16.3 Å². The third-order valence-corrected chi connectivity index (χ3v) is 6.70. The van der Waals surface area contributed by atoms with Gasteiger partial charge < -0.3 is 15.0 Å². The quantitative estimate of drug-likeness (QED) is 0.635. The Bertz CT molecular complexity index is 1100. The van der Waals surface area contributed by atoms with Crippen molar-refractivity contribution < 1.29 is 22.3 Å². The molecule has 2 aromatic rings. The van der Waals surface area contributed by atoms with E-state index >= 15 is 0 Å². The van der Waals surface area contributed by atoms with Crippen LogP contribution in [-0.2, 0) is 21.2 Å². The molecule has 2 aliphatic rings. The molecule has 2 heterocycles. The lowest BCUT2D eigenvalue weighted by Crippen LogP contribution is -2.61. The number of halogens is 2. The van der Waals surface area contributed by atoms with E-state index in [0.717, 1.165) is 24.7 Å². The van der Waals surface area contributed by atoms with Crippen LogP contribution < -0.4 is 14.8 Å². The van der Waals surface area contributed by atoms with Crippen molar-refractivity contribution in [3.63, 3.8) is 0 Å². The highest BCUT2D eigenvalue weighted by Gasteiger charge is 2.44. The summed E-state index contributed by atoms with van der Waals surface area (Å²) in [5, 5.41) is 3.89. The van der Waals surface area contributed by atoms with Crippen molar-refractivity contribution in [2.75, 3.05) is 24.1 Å². The summed E-state index contributed by atoms with van der Waals surface area (Å²) in [6, 6.07) is 11.1. The normalized spacial score (nSPS) is 22.6. The molecule has 2 aliphatic heterocycles. The number of amides is 1. The van der Waals surface area contributed by atoms with Gasteiger partial charge in [0.05, 0.1) is 11.9 Å². The minimum absolute atomic E-state index is 0.0166. The topological polar surface area (TPSA) is 87.7 Å². The number of piperazine rings is 1. The smallest absolute Gasteiger partial charge is 0.261 e. The maximum Gasteiger partial charge on any atom is 0.261 e. The van der Waals surface area contributed by atoms with Crippen molar-refractivity contribution in [2.24, 2.45) is 0 Å². The molecule has 0 aliphatic carbocycles. The largest absolute Gasteiger partial charge is 0.482 e. The van der Waals surface area contributed by atoms with Crippen molar-refractivity contribution in [3.8, 4) is 5.75 Å². The Morgan fingerprint density at radius 1 is 1.25 bits per heavy atom. The fraction of sp³-hybridized carbons (Fsp3) is 0.409. The number of hydrogen-bond acceptors (Lipinski definition) is 5. The molecular formula is C22H25ClFN3O4S. The lowest BCUT2D eigenvalue weighted by Gasteiger charge is -2.41. The number of nitrogens with one attached hydrogen (secondary N) is 2. The Morgan fingerprint density at radius 3 is 2.72 bits per heavy atom. The number of carbonyl (C=O) groups is 1. The lowest BCUT2D eigenvalue weighted by molar-refractivity contribution is -0.138. The minimum atomic E-state index is -3.52. The number of fused-ring (bicyclic) bond motifs is 2. The van der Waals surface area contributed by atoms with Gasteiger partial charge in [-0.25, -0.2) is 12.8 Å². The fourth-order valence-corrected chi connectivity index (χ4v) is 5.25. The van der Waals surface area contributed by atoms with Crippen molar-refractivity contribution in [3.05, 3.63) is 58.9 Å². The molecule has 1 amide bonds. The van der Waals surface area contributed by atoms with Gasteiger partial charge in [-0.05, 0) is 49.1 Å². The summed E-state index contributed by atoms with van der Waals surface area (Å²) >= 11 is 6.03. The van der Waals surface area contributed by atoms with Crippen LogP contribution in [-0.4, -0.2) is 56.8 Å². The van der Waals surface area contributed by atoms with Gasteiger partial charge in [0.25, 0.3) is 5.91 Å². The number of ether oxygens (including phenoxy) is 1. The maximum absolute atomic E-state index is 13.2. The predicted octanol–water partition coefficient (Wildman–Crippen LogP) is 2.80. The van der Waals surface area contributed by atoms with Crippen LogP contribution in [0.1, 0.15) is 18.4 Å². The Hall–Kier alpha value is -2.36. The van der Waals surface area contributed by atoms with E-state index in [1.54, 1.807) is 18.2 Å². The molecule has 3 unspecified atom stereocenters. The van der Waals surface area contributed by atoms with E-state index in [2.05, 4.69) is 10.0 Å². The summed E-state index contributed by atoms with van der Waals surface area (Å²) in [5.74, 6) is -0.235.